The third-order valence-corrected chi connectivity index (χ3v) is 5.77. The highest BCUT2D eigenvalue weighted by Crippen LogP contribution is 2.34. The largest absolute Gasteiger partial charge is 0.373 e. The smallest absolute Gasteiger partial charge is 0.191 e. The Morgan fingerprint density at radius 3 is 2.90 bits per heavy atom. The van der Waals surface area contributed by atoms with Crippen LogP contribution in [-0.4, -0.2) is 37.8 Å². The van der Waals surface area contributed by atoms with Gasteiger partial charge in [0.25, 0.3) is 0 Å². The number of hydrogen-bond acceptors (Lipinski definition) is 3. The molecule has 2 aliphatic rings. The van der Waals surface area contributed by atoms with Gasteiger partial charge in [0.15, 0.2) is 5.96 Å². The van der Waals surface area contributed by atoms with Crippen molar-refractivity contribution < 1.29 is 4.74 Å². The molecule has 0 aliphatic carbocycles. The van der Waals surface area contributed by atoms with Gasteiger partial charge < -0.3 is 15.4 Å². The zero-order chi connectivity index (χ0) is 14.9. The van der Waals surface area contributed by atoms with Crippen LogP contribution in [0.1, 0.15) is 38.0 Å². The van der Waals surface area contributed by atoms with Crippen molar-refractivity contribution in [2.24, 2.45) is 4.99 Å². The lowest BCUT2D eigenvalue weighted by atomic mass is 9.91. The predicted molar refractivity (Wildman–Crippen MR) is 88.1 cm³/mol. The van der Waals surface area contributed by atoms with Crippen molar-refractivity contribution in [3.63, 3.8) is 0 Å². The predicted octanol–water partition coefficient (Wildman–Crippen LogP) is 2.51. The van der Waals surface area contributed by atoms with E-state index in [9.17, 15) is 0 Å². The van der Waals surface area contributed by atoms with Gasteiger partial charge in [-0.3, -0.25) is 4.99 Å². The van der Waals surface area contributed by atoms with Crippen LogP contribution in [0.4, 0.5) is 0 Å². The highest BCUT2D eigenvalue weighted by molar-refractivity contribution is 7.10. The monoisotopic (exact) mass is 307 g/mol. The lowest BCUT2D eigenvalue weighted by molar-refractivity contribution is 0.0992. The summed E-state index contributed by atoms with van der Waals surface area (Å²) in [7, 11) is 1.83. The van der Waals surface area contributed by atoms with Crippen molar-refractivity contribution in [3.05, 3.63) is 22.4 Å². The van der Waals surface area contributed by atoms with Crippen LogP contribution in [-0.2, 0) is 10.2 Å². The van der Waals surface area contributed by atoms with E-state index in [0.717, 1.165) is 18.9 Å². The minimum absolute atomic E-state index is 0.108. The molecule has 2 aliphatic heterocycles. The van der Waals surface area contributed by atoms with Gasteiger partial charge in [-0.25, -0.2) is 0 Å². The van der Waals surface area contributed by atoms with Crippen LogP contribution < -0.4 is 10.6 Å². The van der Waals surface area contributed by atoms with E-state index >= 15 is 0 Å². The van der Waals surface area contributed by atoms with Crippen molar-refractivity contribution in [3.8, 4) is 0 Å². The number of nitrogens with zero attached hydrogens (tertiary/aromatic N) is 1. The zero-order valence-electron chi connectivity index (χ0n) is 13.1. The molecular formula is C16H25N3OS. The molecule has 3 atom stereocenters. The second-order valence-corrected chi connectivity index (χ2v) is 7.60. The average molecular weight is 307 g/mol. The Labute approximate surface area is 131 Å². The van der Waals surface area contributed by atoms with Crippen molar-refractivity contribution in [1.82, 2.24) is 10.6 Å². The number of rotatable bonds is 4. The summed E-state index contributed by atoms with van der Waals surface area (Å²) >= 11 is 1.81. The van der Waals surface area contributed by atoms with Crippen molar-refractivity contribution >= 4 is 17.3 Å². The summed E-state index contributed by atoms with van der Waals surface area (Å²) in [6.07, 6.45) is 4.35. The molecule has 0 saturated carbocycles. The molecule has 2 N–H and O–H groups in total. The first-order valence-corrected chi connectivity index (χ1v) is 8.63. The van der Waals surface area contributed by atoms with Gasteiger partial charge in [-0.05, 0) is 30.7 Å². The number of ether oxygens (including phenoxy) is 1. The van der Waals surface area contributed by atoms with Gasteiger partial charge in [-0.2, -0.15) is 0 Å². The maximum absolute atomic E-state index is 5.89. The van der Waals surface area contributed by atoms with Crippen LogP contribution in [0.5, 0.6) is 0 Å². The van der Waals surface area contributed by atoms with E-state index in [2.05, 4.69) is 47.0 Å². The highest BCUT2D eigenvalue weighted by atomic mass is 32.1. The molecule has 4 nitrogen and oxygen atoms in total. The lowest BCUT2D eigenvalue weighted by Crippen LogP contribution is -2.49. The molecule has 1 aromatic rings. The minimum Gasteiger partial charge on any atom is -0.373 e. The average Bonchev–Trinajstić information content (AvgIpc) is 3.18. The van der Waals surface area contributed by atoms with Gasteiger partial charge in [0, 0.05) is 23.9 Å². The second-order valence-electron chi connectivity index (χ2n) is 6.65. The molecule has 0 spiro atoms. The number of aliphatic imine (C=N–C) groups is 1. The first kappa shape index (κ1) is 14.9. The minimum atomic E-state index is 0.108. The van der Waals surface area contributed by atoms with E-state index in [4.69, 9.17) is 4.74 Å². The topological polar surface area (TPSA) is 45.7 Å². The molecule has 3 rings (SSSR count). The van der Waals surface area contributed by atoms with Gasteiger partial charge in [-0.1, -0.05) is 19.9 Å². The molecular weight excluding hydrogens is 282 g/mol. The third kappa shape index (κ3) is 3.24. The van der Waals surface area contributed by atoms with E-state index < -0.39 is 0 Å². The Morgan fingerprint density at radius 1 is 1.48 bits per heavy atom. The first-order valence-electron chi connectivity index (χ1n) is 7.75. The fourth-order valence-electron chi connectivity index (χ4n) is 3.22. The maximum atomic E-state index is 5.89. The molecule has 3 heterocycles. The van der Waals surface area contributed by atoms with Gasteiger partial charge in [0.2, 0.25) is 0 Å². The van der Waals surface area contributed by atoms with Gasteiger partial charge >= 0.3 is 0 Å². The summed E-state index contributed by atoms with van der Waals surface area (Å²) in [5.41, 5.74) is 0.108. The Balaban J connectivity index is 1.53. The number of nitrogens with one attached hydrogen (secondary N) is 2. The molecule has 2 bridgehead atoms. The van der Waals surface area contributed by atoms with Gasteiger partial charge in [0.1, 0.15) is 0 Å². The fourth-order valence-corrected chi connectivity index (χ4v) is 4.07. The molecule has 0 aromatic carbocycles. The van der Waals surface area contributed by atoms with E-state index in [-0.39, 0.29) is 5.41 Å². The van der Waals surface area contributed by atoms with Crippen LogP contribution in [0.25, 0.3) is 0 Å². The number of hydrogen-bond donors (Lipinski definition) is 2. The summed E-state index contributed by atoms with van der Waals surface area (Å²) in [6, 6.07) is 4.73. The molecule has 1 aromatic heterocycles. The van der Waals surface area contributed by atoms with Gasteiger partial charge in [0.05, 0.1) is 18.2 Å². The molecule has 3 unspecified atom stereocenters. The van der Waals surface area contributed by atoms with E-state index in [1.165, 1.54) is 17.7 Å². The van der Waals surface area contributed by atoms with Crippen LogP contribution >= 0.6 is 11.3 Å². The fraction of sp³-hybridized carbons (Fsp3) is 0.688. The van der Waals surface area contributed by atoms with Crippen molar-refractivity contribution in [2.75, 3.05) is 13.6 Å². The molecule has 2 saturated heterocycles. The normalized spacial score (nSPS) is 28.9. The van der Waals surface area contributed by atoms with E-state index in [1.807, 2.05) is 18.4 Å². The number of guanidine groups is 1. The molecule has 0 radical (unpaired) electrons. The summed E-state index contributed by atoms with van der Waals surface area (Å²) in [6.45, 7) is 5.40. The molecule has 116 valence electrons. The van der Waals surface area contributed by atoms with Crippen LogP contribution in [0.2, 0.25) is 0 Å². The quantitative estimate of drug-likeness (QED) is 0.664. The summed E-state index contributed by atoms with van der Waals surface area (Å²) in [4.78, 5) is 5.76. The summed E-state index contributed by atoms with van der Waals surface area (Å²) in [5.74, 6) is 0.890. The van der Waals surface area contributed by atoms with E-state index in [0.29, 0.717) is 18.2 Å². The Morgan fingerprint density at radius 2 is 2.33 bits per heavy atom. The Kier molecular flexibility index (Phi) is 4.22. The Bertz CT molecular complexity index is 498. The van der Waals surface area contributed by atoms with Crippen molar-refractivity contribution in [1.29, 1.82) is 0 Å². The van der Waals surface area contributed by atoms with E-state index in [1.54, 1.807) is 0 Å². The Hall–Kier alpha value is -1.07. The van der Waals surface area contributed by atoms with Crippen LogP contribution in [0, 0.1) is 0 Å². The zero-order valence-corrected chi connectivity index (χ0v) is 13.9. The van der Waals surface area contributed by atoms with Crippen LogP contribution in [0.3, 0.4) is 0 Å². The summed E-state index contributed by atoms with van der Waals surface area (Å²) in [5, 5.41) is 9.14. The molecule has 5 heteroatoms. The SMILES string of the molecule is CN=C(NCC(C)(C)c1cccs1)NC1CC2CCC1O2. The van der Waals surface area contributed by atoms with Crippen molar-refractivity contribution in [2.45, 2.75) is 56.8 Å². The second kappa shape index (κ2) is 5.97. The number of thiophene rings is 1. The summed E-state index contributed by atoms with van der Waals surface area (Å²) < 4.78 is 5.89. The lowest BCUT2D eigenvalue weighted by Gasteiger charge is -2.27. The molecule has 2 fully saturated rings. The standard InChI is InChI=1S/C16H25N3OS/c1-16(2,14-5-4-8-21-14)10-18-15(17-3)19-12-9-11-6-7-13(12)20-11/h4-5,8,11-13H,6-7,9-10H2,1-3H3,(H2,17,18,19). The molecule has 0 amide bonds. The third-order valence-electron chi connectivity index (χ3n) is 4.54. The molecule has 21 heavy (non-hydrogen) atoms. The van der Waals surface area contributed by atoms with Crippen LogP contribution in [0.15, 0.2) is 22.5 Å². The highest BCUT2D eigenvalue weighted by Gasteiger charge is 2.41. The maximum Gasteiger partial charge on any atom is 0.191 e. The first-order chi connectivity index (χ1) is 10.1. The number of fused-ring (bicyclic) bond motifs is 2. The van der Waals surface area contributed by atoms with Gasteiger partial charge in [-0.15, -0.1) is 11.3 Å².